The van der Waals surface area contributed by atoms with Crippen LogP contribution in [0.25, 0.3) is 0 Å². The number of carboxylic acid groups (broad SMARTS) is 1. The summed E-state index contributed by atoms with van der Waals surface area (Å²) in [5.41, 5.74) is 2.13. The predicted molar refractivity (Wildman–Crippen MR) is 68.9 cm³/mol. The van der Waals surface area contributed by atoms with Gasteiger partial charge in [0.2, 0.25) is 0 Å². The van der Waals surface area contributed by atoms with Crippen molar-refractivity contribution < 1.29 is 14.6 Å². The molecular formula is C15H14O3. The Morgan fingerprint density at radius 2 is 1.61 bits per heavy atom. The Morgan fingerprint density at radius 1 is 0.944 bits per heavy atom. The third kappa shape index (κ3) is 3.35. The zero-order valence-corrected chi connectivity index (χ0v) is 9.87. The highest BCUT2D eigenvalue weighted by Gasteiger charge is 2.06. The number of carbonyl (C=O) groups is 1. The van der Waals surface area contributed by atoms with E-state index in [0.717, 1.165) is 18.4 Å². The standard InChI is InChI=1S/C15H14O3/c16-15(17)18-14-9-5-4-8-13(14)11-10-12-6-2-1-3-7-12/h1-9H,10-11H2,(H,16,17). The Labute approximate surface area is 106 Å². The lowest BCUT2D eigenvalue weighted by molar-refractivity contribution is 0.144. The Bertz CT molecular complexity index is 520. The van der Waals surface area contributed by atoms with Gasteiger partial charge in [0.15, 0.2) is 0 Å². The Hall–Kier alpha value is -2.29. The van der Waals surface area contributed by atoms with Crippen molar-refractivity contribution in [2.45, 2.75) is 12.8 Å². The minimum atomic E-state index is -1.28. The van der Waals surface area contributed by atoms with Crippen molar-refractivity contribution in [3.8, 4) is 5.75 Å². The third-order valence-corrected chi connectivity index (χ3v) is 2.70. The van der Waals surface area contributed by atoms with Crippen LogP contribution in [0.2, 0.25) is 0 Å². The molecule has 0 aliphatic heterocycles. The van der Waals surface area contributed by atoms with E-state index in [0.29, 0.717) is 5.75 Å². The summed E-state index contributed by atoms with van der Waals surface area (Å²) < 4.78 is 4.75. The van der Waals surface area contributed by atoms with Crippen molar-refractivity contribution in [2.24, 2.45) is 0 Å². The average Bonchev–Trinajstić information content (AvgIpc) is 2.38. The van der Waals surface area contributed by atoms with Crippen LogP contribution in [0, 0.1) is 0 Å². The van der Waals surface area contributed by atoms with Gasteiger partial charge in [-0.25, -0.2) is 4.79 Å². The molecule has 1 N–H and O–H groups in total. The van der Waals surface area contributed by atoms with E-state index in [4.69, 9.17) is 9.84 Å². The summed E-state index contributed by atoms with van der Waals surface area (Å²) in [5, 5.41) is 8.65. The first-order valence-corrected chi connectivity index (χ1v) is 5.78. The van der Waals surface area contributed by atoms with Crippen molar-refractivity contribution in [3.05, 3.63) is 65.7 Å². The number of ether oxygens (including phenoxy) is 1. The van der Waals surface area contributed by atoms with Crippen LogP contribution in [0.15, 0.2) is 54.6 Å². The number of aryl methyl sites for hydroxylation is 2. The van der Waals surface area contributed by atoms with Crippen molar-refractivity contribution in [1.82, 2.24) is 0 Å². The van der Waals surface area contributed by atoms with Crippen molar-refractivity contribution in [3.63, 3.8) is 0 Å². The van der Waals surface area contributed by atoms with Gasteiger partial charge in [0, 0.05) is 0 Å². The van der Waals surface area contributed by atoms with Gasteiger partial charge in [-0.05, 0) is 30.0 Å². The van der Waals surface area contributed by atoms with Gasteiger partial charge < -0.3 is 9.84 Å². The summed E-state index contributed by atoms with van der Waals surface area (Å²) in [6.07, 6.45) is 0.344. The highest BCUT2D eigenvalue weighted by Crippen LogP contribution is 2.20. The van der Waals surface area contributed by atoms with Crippen molar-refractivity contribution in [1.29, 1.82) is 0 Å². The number of benzene rings is 2. The third-order valence-electron chi connectivity index (χ3n) is 2.70. The van der Waals surface area contributed by atoms with Crippen LogP contribution >= 0.6 is 0 Å². The molecule has 2 aromatic carbocycles. The molecule has 2 aromatic rings. The minimum Gasteiger partial charge on any atom is -0.449 e. The molecule has 0 saturated carbocycles. The molecule has 3 nitrogen and oxygen atoms in total. The van der Waals surface area contributed by atoms with Gasteiger partial charge >= 0.3 is 6.16 Å². The zero-order valence-electron chi connectivity index (χ0n) is 9.87. The fourth-order valence-corrected chi connectivity index (χ4v) is 1.83. The summed E-state index contributed by atoms with van der Waals surface area (Å²) in [6.45, 7) is 0. The molecule has 2 rings (SSSR count). The Balaban J connectivity index is 2.07. The smallest absolute Gasteiger partial charge is 0.449 e. The average molecular weight is 242 g/mol. The monoisotopic (exact) mass is 242 g/mol. The second kappa shape index (κ2) is 5.87. The molecule has 0 aliphatic rings. The van der Waals surface area contributed by atoms with Gasteiger partial charge in [0.1, 0.15) is 5.75 Å². The maximum atomic E-state index is 10.6. The van der Waals surface area contributed by atoms with E-state index in [1.807, 2.05) is 30.3 Å². The van der Waals surface area contributed by atoms with Gasteiger partial charge in [-0.15, -0.1) is 0 Å². The van der Waals surface area contributed by atoms with Crippen LogP contribution in [0.5, 0.6) is 5.75 Å². The Morgan fingerprint density at radius 3 is 2.33 bits per heavy atom. The molecule has 0 spiro atoms. The lowest BCUT2D eigenvalue weighted by Gasteiger charge is -2.07. The van der Waals surface area contributed by atoms with Crippen LogP contribution in [0.4, 0.5) is 4.79 Å². The molecule has 0 heterocycles. The molecule has 0 fully saturated rings. The summed E-state index contributed by atoms with van der Waals surface area (Å²) >= 11 is 0. The molecule has 0 radical (unpaired) electrons. The molecule has 92 valence electrons. The summed E-state index contributed by atoms with van der Waals surface area (Å²) in [4.78, 5) is 10.6. The van der Waals surface area contributed by atoms with E-state index in [9.17, 15) is 4.79 Å². The van der Waals surface area contributed by atoms with Gasteiger partial charge in [-0.3, -0.25) is 0 Å². The highest BCUT2D eigenvalue weighted by molar-refractivity contribution is 5.62. The first-order chi connectivity index (χ1) is 8.75. The van der Waals surface area contributed by atoms with E-state index >= 15 is 0 Å². The lowest BCUT2D eigenvalue weighted by atomic mass is 10.0. The number of rotatable bonds is 4. The lowest BCUT2D eigenvalue weighted by Crippen LogP contribution is -2.05. The summed E-state index contributed by atoms with van der Waals surface area (Å²) in [5.74, 6) is 0.418. The molecule has 0 amide bonds. The first kappa shape index (κ1) is 12.2. The molecule has 0 bridgehead atoms. The van der Waals surface area contributed by atoms with Crippen LogP contribution in [0.3, 0.4) is 0 Å². The van der Waals surface area contributed by atoms with Gasteiger partial charge in [0.05, 0.1) is 0 Å². The van der Waals surface area contributed by atoms with Crippen molar-refractivity contribution in [2.75, 3.05) is 0 Å². The van der Waals surface area contributed by atoms with E-state index in [2.05, 4.69) is 12.1 Å². The number of hydrogen-bond donors (Lipinski definition) is 1. The first-order valence-electron chi connectivity index (χ1n) is 5.78. The number of para-hydroxylation sites is 1. The van der Waals surface area contributed by atoms with Crippen LogP contribution < -0.4 is 4.74 Å². The maximum absolute atomic E-state index is 10.6. The quantitative estimate of drug-likeness (QED) is 0.659. The topological polar surface area (TPSA) is 46.5 Å². The normalized spacial score (nSPS) is 10.0. The highest BCUT2D eigenvalue weighted by atomic mass is 16.7. The molecule has 0 saturated heterocycles. The molecular weight excluding hydrogens is 228 g/mol. The largest absolute Gasteiger partial charge is 0.511 e. The fourth-order valence-electron chi connectivity index (χ4n) is 1.83. The molecule has 0 atom stereocenters. The van der Waals surface area contributed by atoms with Crippen LogP contribution in [-0.2, 0) is 12.8 Å². The molecule has 0 unspecified atom stereocenters. The van der Waals surface area contributed by atoms with Crippen LogP contribution in [0.1, 0.15) is 11.1 Å². The predicted octanol–water partition coefficient (Wildman–Crippen LogP) is 3.53. The van der Waals surface area contributed by atoms with Gasteiger partial charge in [-0.2, -0.15) is 0 Å². The van der Waals surface area contributed by atoms with E-state index in [1.165, 1.54) is 5.56 Å². The SMILES string of the molecule is O=C(O)Oc1ccccc1CCc1ccccc1. The minimum absolute atomic E-state index is 0.418. The summed E-state index contributed by atoms with van der Waals surface area (Å²) in [7, 11) is 0. The van der Waals surface area contributed by atoms with E-state index in [-0.39, 0.29) is 0 Å². The second-order valence-electron chi connectivity index (χ2n) is 3.96. The Kier molecular flexibility index (Phi) is 3.97. The molecule has 18 heavy (non-hydrogen) atoms. The number of hydrogen-bond acceptors (Lipinski definition) is 2. The van der Waals surface area contributed by atoms with Gasteiger partial charge in [0.25, 0.3) is 0 Å². The maximum Gasteiger partial charge on any atom is 0.511 e. The van der Waals surface area contributed by atoms with E-state index in [1.54, 1.807) is 12.1 Å². The summed E-state index contributed by atoms with van der Waals surface area (Å²) in [6, 6.07) is 17.3. The van der Waals surface area contributed by atoms with E-state index < -0.39 is 6.16 Å². The molecule has 3 heteroatoms. The zero-order chi connectivity index (χ0) is 12.8. The molecule has 0 aliphatic carbocycles. The van der Waals surface area contributed by atoms with Gasteiger partial charge in [-0.1, -0.05) is 48.5 Å². The second-order valence-corrected chi connectivity index (χ2v) is 3.96. The van der Waals surface area contributed by atoms with Crippen molar-refractivity contribution >= 4 is 6.16 Å². The fraction of sp³-hybridized carbons (Fsp3) is 0.133. The molecule has 0 aromatic heterocycles. The van der Waals surface area contributed by atoms with Crippen LogP contribution in [-0.4, -0.2) is 11.3 Å².